The first-order valence-electron chi connectivity index (χ1n) is 14.0. The molecule has 0 saturated carbocycles. The van der Waals surface area contributed by atoms with Gasteiger partial charge in [-0.15, -0.1) is 0 Å². The van der Waals surface area contributed by atoms with Gasteiger partial charge in [0.05, 0.1) is 11.5 Å². The Kier molecular flexibility index (Phi) is 12.3. The number of rotatable bonds is 12. The molecule has 0 aliphatic carbocycles. The number of nitrogens with zero attached hydrogens (tertiary/aromatic N) is 2. The van der Waals surface area contributed by atoms with Crippen LogP contribution in [0.5, 0.6) is 0 Å². The molecule has 15 heteroatoms. The Morgan fingerprint density at radius 1 is 1.05 bits per heavy atom. The summed E-state index contributed by atoms with van der Waals surface area (Å²) in [5.41, 5.74) is 0. The molecule has 0 spiro atoms. The number of ether oxygens (including phenoxy) is 1. The number of nitrogens with one attached hydrogen (secondary N) is 2. The number of alkyl carbamates (subject to hydrolysis) is 1. The van der Waals surface area contributed by atoms with Crippen LogP contribution < -0.4 is 10.6 Å². The molecule has 12 nitrogen and oxygen atoms in total. The van der Waals surface area contributed by atoms with E-state index in [-0.39, 0.29) is 58.5 Å². The highest BCUT2D eigenvalue weighted by Crippen LogP contribution is 2.30. The van der Waals surface area contributed by atoms with Gasteiger partial charge in [-0.05, 0) is 62.1 Å². The van der Waals surface area contributed by atoms with E-state index in [0.717, 1.165) is 4.31 Å². The Balaban J connectivity index is 1.50. The van der Waals surface area contributed by atoms with E-state index in [1.165, 1.54) is 18.2 Å². The van der Waals surface area contributed by atoms with Gasteiger partial charge >= 0.3 is 12.1 Å². The molecule has 2 fully saturated rings. The average Bonchev–Trinajstić information content (AvgIpc) is 3.43. The fourth-order valence-electron chi connectivity index (χ4n) is 4.96. The Labute approximate surface area is 256 Å². The van der Waals surface area contributed by atoms with E-state index in [4.69, 9.17) is 27.9 Å². The summed E-state index contributed by atoms with van der Waals surface area (Å²) in [6.45, 7) is 5.70. The molecule has 0 unspecified atom stereocenters. The molecule has 2 heterocycles. The van der Waals surface area contributed by atoms with Gasteiger partial charge in [-0.3, -0.25) is 9.59 Å². The van der Waals surface area contributed by atoms with Crippen LogP contribution in [0.4, 0.5) is 4.79 Å². The second-order valence-corrected chi connectivity index (χ2v) is 13.8. The molecule has 3 amide bonds. The Morgan fingerprint density at radius 2 is 1.69 bits per heavy atom. The second-order valence-electron chi connectivity index (χ2n) is 11.0. The second kappa shape index (κ2) is 15.2. The van der Waals surface area contributed by atoms with Crippen molar-refractivity contribution in [1.82, 2.24) is 19.8 Å². The maximum Gasteiger partial charge on any atom is 0.407 e. The van der Waals surface area contributed by atoms with Crippen LogP contribution >= 0.6 is 23.2 Å². The van der Waals surface area contributed by atoms with Gasteiger partial charge in [0.1, 0.15) is 12.1 Å². The molecule has 2 aliphatic heterocycles. The zero-order chi connectivity index (χ0) is 31.0. The number of benzene rings is 1. The summed E-state index contributed by atoms with van der Waals surface area (Å²) in [7, 11) is -4.13. The van der Waals surface area contributed by atoms with Crippen LogP contribution in [0.15, 0.2) is 23.1 Å². The fraction of sp³-hybridized carbons (Fsp3) is 0.630. The lowest BCUT2D eigenvalue weighted by Crippen LogP contribution is -2.51. The van der Waals surface area contributed by atoms with Gasteiger partial charge in [0.2, 0.25) is 21.8 Å². The summed E-state index contributed by atoms with van der Waals surface area (Å²) in [4.78, 5) is 51.1. The number of piperidine rings is 1. The summed E-state index contributed by atoms with van der Waals surface area (Å²) < 4.78 is 32.6. The van der Waals surface area contributed by atoms with Crippen LogP contribution in [0.2, 0.25) is 10.0 Å². The molecule has 3 rings (SSSR count). The predicted molar refractivity (Wildman–Crippen MR) is 156 cm³/mol. The molecule has 2 aliphatic rings. The third kappa shape index (κ3) is 9.45. The van der Waals surface area contributed by atoms with E-state index in [9.17, 15) is 32.7 Å². The number of halogens is 2. The predicted octanol–water partition coefficient (Wildman–Crippen LogP) is 3.12. The van der Waals surface area contributed by atoms with Gasteiger partial charge < -0.3 is 25.4 Å². The Bertz CT molecular complexity index is 1230. The quantitative estimate of drug-likeness (QED) is 0.311. The number of likely N-dealkylation sites (tertiary alicyclic amines) is 1. The molecular weight excluding hydrogens is 611 g/mol. The van der Waals surface area contributed by atoms with Crippen LogP contribution in [-0.4, -0.2) is 91.5 Å². The van der Waals surface area contributed by atoms with Gasteiger partial charge in [-0.25, -0.2) is 18.0 Å². The molecule has 0 bridgehead atoms. The van der Waals surface area contributed by atoms with Crippen LogP contribution in [0, 0.1) is 11.8 Å². The van der Waals surface area contributed by atoms with Crippen molar-refractivity contribution in [1.29, 1.82) is 0 Å². The third-order valence-corrected chi connectivity index (χ3v) is 9.58. The van der Waals surface area contributed by atoms with Crippen molar-refractivity contribution in [2.24, 2.45) is 11.8 Å². The normalized spacial score (nSPS) is 19.0. The molecule has 2 atom stereocenters. The zero-order valence-electron chi connectivity index (χ0n) is 23.7. The lowest BCUT2D eigenvalue weighted by atomic mass is 9.96. The number of carbonyl (C=O) groups is 4. The van der Waals surface area contributed by atoms with Gasteiger partial charge in [0.25, 0.3) is 0 Å². The van der Waals surface area contributed by atoms with Crippen LogP contribution in [0.1, 0.15) is 52.4 Å². The molecule has 1 aromatic carbocycles. The summed E-state index contributed by atoms with van der Waals surface area (Å²) in [5, 5.41) is 15.1. The summed E-state index contributed by atoms with van der Waals surface area (Å²) in [5.74, 6) is -1.86. The van der Waals surface area contributed by atoms with Crippen molar-refractivity contribution in [2.45, 2.75) is 69.4 Å². The van der Waals surface area contributed by atoms with Gasteiger partial charge in [0, 0.05) is 42.6 Å². The van der Waals surface area contributed by atoms with Gasteiger partial charge in [-0.1, -0.05) is 37.0 Å². The SMILES string of the molecule is CC(C)COC(=O)NCC1CCN(C(=O)CC[C@H](NC(=O)[C@@H]2CCCN2S(=O)(=O)c2cc(Cl)cc(Cl)c2)C(=O)O)CC1. The highest BCUT2D eigenvalue weighted by Gasteiger charge is 2.41. The number of carboxylic acid groups (broad SMARTS) is 1. The number of carboxylic acids is 1. The maximum absolute atomic E-state index is 13.2. The van der Waals surface area contributed by atoms with Gasteiger partial charge in [-0.2, -0.15) is 4.31 Å². The summed E-state index contributed by atoms with van der Waals surface area (Å²) in [6.07, 6.45) is 1.27. The lowest BCUT2D eigenvalue weighted by Gasteiger charge is -2.32. The first kappa shape index (κ1) is 33.9. The highest BCUT2D eigenvalue weighted by atomic mass is 35.5. The van der Waals surface area contributed by atoms with Crippen LogP contribution in [0.3, 0.4) is 0 Å². The van der Waals surface area contributed by atoms with Crippen molar-refractivity contribution < 1.29 is 37.4 Å². The first-order valence-corrected chi connectivity index (χ1v) is 16.2. The lowest BCUT2D eigenvalue weighted by molar-refractivity contribution is -0.143. The maximum atomic E-state index is 13.2. The largest absolute Gasteiger partial charge is 0.480 e. The van der Waals surface area contributed by atoms with Crippen molar-refractivity contribution in [3.05, 3.63) is 28.2 Å². The summed E-state index contributed by atoms with van der Waals surface area (Å²) in [6, 6.07) is 1.39. The van der Waals surface area contributed by atoms with E-state index >= 15 is 0 Å². The highest BCUT2D eigenvalue weighted by molar-refractivity contribution is 7.89. The number of sulfonamides is 1. The third-order valence-electron chi connectivity index (χ3n) is 7.26. The molecule has 0 radical (unpaired) electrons. The Hall–Kier alpha value is -2.61. The molecule has 42 heavy (non-hydrogen) atoms. The van der Waals surface area contributed by atoms with E-state index in [0.29, 0.717) is 45.5 Å². The zero-order valence-corrected chi connectivity index (χ0v) is 26.0. The number of aliphatic carboxylic acids is 1. The monoisotopic (exact) mass is 648 g/mol. The topological polar surface area (TPSA) is 162 Å². The molecule has 2 saturated heterocycles. The Morgan fingerprint density at radius 3 is 2.29 bits per heavy atom. The molecule has 1 aromatic rings. The van der Waals surface area contributed by atoms with Crippen molar-refractivity contribution in [2.75, 3.05) is 32.8 Å². The average molecular weight is 650 g/mol. The molecule has 0 aromatic heterocycles. The number of hydrogen-bond acceptors (Lipinski definition) is 7. The van der Waals surface area contributed by atoms with Crippen LogP contribution in [-0.2, 0) is 29.1 Å². The van der Waals surface area contributed by atoms with Crippen molar-refractivity contribution in [3.63, 3.8) is 0 Å². The fourth-order valence-corrected chi connectivity index (χ4v) is 7.35. The van der Waals surface area contributed by atoms with E-state index in [2.05, 4.69) is 10.6 Å². The number of amides is 3. The van der Waals surface area contributed by atoms with E-state index in [1.807, 2.05) is 13.8 Å². The van der Waals surface area contributed by atoms with Crippen molar-refractivity contribution >= 4 is 57.1 Å². The number of carbonyl (C=O) groups excluding carboxylic acids is 3. The van der Waals surface area contributed by atoms with E-state index < -0.39 is 40.1 Å². The minimum absolute atomic E-state index is 0.0748. The first-order chi connectivity index (χ1) is 19.8. The standard InChI is InChI=1S/C27H38Cl2N4O8S/c1-17(2)16-41-27(38)30-15-18-7-10-32(11-8-18)24(34)6-5-22(26(36)37)31-25(35)23-4-3-9-33(23)42(39,40)21-13-19(28)12-20(29)14-21/h12-14,17-18,22-23H,3-11,15-16H2,1-2H3,(H,30,38)(H,31,35)(H,36,37)/t22-,23-/m0/s1. The molecule has 3 N–H and O–H groups in total. The molecular formula is C27H38Cl2N4O8S. The van der Waals surface area contributed by atoms with Crippen LogP contribution in [0.25, 0.3) is 0 Å². The summed E-state index contributed by atoms with van der Waals surface area (Å²) >= 11 is 11.9. The smallest absolute Gasteiger partial charge is 0.407 e. The minimum atomic E-state index is -4.13. The van der Waals surface area contributed by atoms with Crippen molar-refractivity contribution in [3.8, 4) is 0 Å². The van der Waals surface area contributed by atoms with Gasteiger partial charge in [0.15, 0.2) is 0 Å². The number of hydrogen-bond donors (Lipinski definition) is 3. The molecule has 234 valence electrons. The minimum Gasteiger partial charge on any atom is -0.480 e. The van der Waals surface area contributed by atoms with E-state index in [1.54, 1.807) is 4.90 Å².